The summed E-state index contributed by atoms with van der Waals surface area (Å²) in [5.74, 6) is 0. The number of fused-ring (bicyclic) bond motifs is 1. The predicted octanol–water partition coefficient (Wildman–Crippen LogP) is 2.94. The molecule has 0 atom stereocenters. The molecule has 0 spiro atoms. The summed E-state index contributed by atoms with van der Waals surface area (Å²) in [4.78, 5) is 4.66. The number of hydrogen-bond acceptors (Lipinski definition) is 4. The second-order valence-electron chi connectivity index (χ2n) is 4.93. The molecule has 1 aromatic heterocycles. The molecule has 0 unspecified atom stereocenters. The molecule has 0 saturated heterocycles. The van der Waals surface area contributed by atoms with Crippen LogP contribution in [-0.4, -0.2) is 36.3 Å². The maximum absolute atomic E-state index is 8.71. The molecule has 1 heterocycles. The average molecular weight is 352 g/mol. The second-order valence-corrected chi connectivity index (χ2v) is 5.85. The second kappa shape index (κ2) is 8.32. The summed E-state index contributed by atoms with van der Waals surface area (Å²) in [7, 11) is 0. The highest BCUT2D eigenvalue weighted by atomic mass is 79.9. The molecular formula is C16H22BrN3O. The van der Waals surface area contributed by atoms with E-state index >= 15 is 0 Å². The van der Waals surface area contributed by atoms with E-state index in [0.717, 1.165) is 52.7 Å². The zero-order valence-electron chi connectivity index (χ0n) is 12.3. The van der Waals surface area contributed by atoms with Crippen LogP contribution in [0.1, 0.15) is 19.0 Å². The molecular weight excluding hydrogens is 330 g/mol. The molecule has 114 valence electrons. The Hall–Kier alpha value is -1.17. The van der Waals surface area contributed by atoms with Gasteiger partial charge in [0.2, 0.25) is 0 Å². The number of halogens is 1. The van der Waals surface area contributed by atoms with Crippen LogP contribution in [0.2, 0.25) is 0 Å². The largest absolute Gasteiger partial charge is 0.395 e. The standard InChI is InChI=1S/C16H22BrN3O/c1-2-13-11-16(19-7-3-6-18-8-9-21)14-10-12(17)4-5-15(14)20-13/h4-5,10-11,18,21H,2-3,6-9H2,1H3,(H,19,20). The van der Waals surface area contributed by atoms with E-state index in [1.54, 1.807) is 0 Å². The van der Waals surface area contributed by atoms with E-state index in [1.807, 2.05) is 12.1 Å². The van der Waals surface area contributed by atoms with Gasteiger partial charge >= 0.3 is 0 Å². The van der Waals surface area contributed by atoms with Gasteiger partial charge in [0, 0.05) is 34.3 Å². The topological polar surface area (TPSA) is 57.2 Å². The SMILES string of the molecule is CCc1cc(NCCCNCCO)c2cc(Br)ccc2n1. The van der Waals surface area contributed by atoms with E-state index in [9.17, 15) is 0 Å². The number of aromatic nitrogens is 1. The Labute approximate surface area is 134 Å². The Balaban J connectivity index is 2.08. The van der Waals surface area contributed by atoms with Crippen LogP contribution in [0, 0.1) is 0 Å². The maximum atomic E-state index is 8.71. The molecule has 5 heteroatoms. The van der Waals surface area contributed by atoms with Crippen molar-refractivity contribution in [2.45, 2.75) is 19.8 Å². The minimum atomic E-state index is 0.191. The van der Waals surface area contributed by atoms with Gasteiger partial charge < -0.3 is 15.7 Å². The first-order chi connectivity index (χ1) is 10.2. The maximum Gasteiger partial charge on any atom is 0.0726 e. The van der Waals surface area contributed by atoms with Crippen LogP contribution in [0.3, 0.4) is 0 Å². The molecule has 0 aliphatic heterocycles. The molecule has 0 saturated carbocycles. The highest BCUT2D eigenvalue weighted by Gasteiger charge is 2.05. The van der Waals surface area contributed by atoms with Crippen LogP contribution >= 0.6 is 15.9 Å². The highest BCUT2D eigenvalue weighted by Crippen LogP contribution is 2.26. The molecule has 0 radical (unpaired) electrons. The molecule has 0 bridgehead atoms. The lowest BCUT2D eigenvalue weighted by Crippen LogP contribution is -2.21. The molecule has 0 aliphatic carbocycles. The number of nitrogens with one attached hydrogen (secondary N) is 2. The summed E-state index contributed by atoms with van der Waals surface area (Å²) in [6.07, 6.45) is 1.94. The van der Waals surface area contributed by atoms with Crippen LogP contribution in [0.25, 0.3) is 10.9 Å². The fraction of sp³-hybridized carbons (Fsp3) is 0.438. The predicted molar refractivity (Wildman–Crippen MR) is 91.9 cm³/mol. The Morgan fingerprint density at radius 2 is 2.05 bits per heavy atom. The zero-order valence-corrected chi connectivity index (χ0v) is 13.9. The molecule has 0 aliphatic rings. The van der Waals surface area contributed by atoms with Gasteiger partial charge in [0.1, 0.15) is 0 Å². The van der Waals surface area contributed by atoms with Crippen molar-refractivity contribution in [1.82, 2.24) is 10.3 Å². The summed E-state index contributed by atoms with van der Waals surface area (Å²) < 4.78 is 1.06. The van der Waals surface area contributed by atoms with E-state index in [4.69, 9.17) is 5.11 Å². The monoisotopic (exact) mass is 351 g/mol. The third-order valence-corrected chi connectivity index (χ3v) is 3.81. The van der Waals surface area contributed by atoms with E-state index < -0.39 is 0 Å². The number of hydrogen-bond donors (Lipinski definition) is 3. The molecule has 2 rings (SSSR count). The first-order valence-electron chi connectivity index (χ1n) is 7.39. The van der Waals surface area contributed by atoms with Crippen LogP contribution in [-0.2, 0) is 6.42 Å². The summed E-state index contributed by atoms with van der Waals surface area (Å²) in [6, 6.07) is 8.31. The fourth-order valence-electron chi connectivity index (χ4n) is 2.22. The number of aryl methyl sites for hydroxylation is 1. The molecule has 1 aromatic carbocycles. The number of anilines is 1. The first kappa shape index (κ1) is 16.2. The van der Waals surface area contributed by atoms with E-state index in [1.165, 1.54) is 0 Å². The zero-order chi connectivity index (χ0) is 15.1. The number of rotatable bonds is 8. The van der Waals surface area contributed by atoms with Crippen molar-refractivity contribution in [3.8, 4) is 0 Å². The lowest BCUT2D eigenvalue weighted by molar-refractivity contribution is 0.292. The van der Waals surface area contributed by atoms with Gasteiger partial charge in [-0.25, -0.2) is 0 Å². The number of pyridine rings is 1. The quantitative estimate of drug-likeness (QED) is 0.640. The normalized spacial score (nSPS) is 11.0. The number of aliphatic hydroxyl groups is 1. The van der Waals surface area contributed by atoms with Gasteiger partial charge in [-0.1, -0.05) is 22.9 Å². The van der Waals surface area contributed by atoms with E-state index in [-0.39, 0.29) is 6.61 Å². The number of aliphatic hydroxyl groups excluding tert-OH is 1. The van der Waals surface area contributed by atoms with Crippen LogP contribution in [0.15, 0.2) is 28.7 Å². The van der Waals surface area contributed by atoms with Crippen LogP contribution < -0.4 is 10.6 Å². The highest BCUT2D eigenvalue weighted by molar-refractivity contribution is 9.10. The molecule has 0 fully saturated rings. The van der Waals surface area contributed by atoms with Crippen LogP contribution in [0.5, 0.6) is 0 Å². The van der Waals surface area contributed by atoms with E-state index in [2.05, 4.69) is 50.6 Å². The van der Waals surface area contributed by atoms with Crippen molar-refractivity contribution in [2.75, 3.05) is 31.6 Å². The van der Waals surface area contributed by atoms with Gasteiger partial charge in [-0.15, -0.1) is 0 Å². The van der Waals surface area contributed by atoms with Gasteiger partial charge in [-0.3, -0.25) is 4.98 Å². The van der Waals surface area contributed by atoms with Gasteiger partial charge in [-0.2, -0.15) is 0 Å². The summed E-state index contributed by atoms with van der Waals surface area (Å²) >= 11 is 3.52. The third kappa shape index (κ3) is 4.66. The molecule has 0 amide bonds. The lowest BCUT2D eigenvalue weighted by Gasteiger charge is -2.12. The minimum Gasteiger partial charge on any atom is -0.395 e. The third-order valence-electron chi connectivity index (χ3n) is 3.32. The van der Waals surface area contributed by atoms with Crippen molar-refractivity contribution in [1.29, 1.82) is 0 Å². The molecule has 2 aromatic rings. The van der Waals surface area contributed by atoms with Gasteiger partial charge in [0.25, 0.3) is 0 Å². The van der Waals surface area contributed by atoms with Crippen molar-refractivity contribution < 1.29 is 5.11 Å². The molecule has 21 heavy (non-hydrogen) atoms. The molecule has 3 N–H and O–H groups in total. The van der Waals surface area contributed by atoms with Gasteiger partial charge in [-0.05, 0) is 43.7 Å². The summed E-state index contributed by atoms with van der Waals surface area (Å²) in [6.45, 7) is 4.77. The Kier molecular flexibility index (Phi) is 6.42. The first-order valence-corrected chi connectivity index (χ1v) is 8.18. The number of nitrogens with zero attached hydrogens (tertiary/aromatic N) is 1. The number of benzene rings is 1. The summed E-state index contributed by atoms with van der Waals surface area (Å²) in [5.41, 5.74) is 3.27. The average Bonchev–Trinajstić information content (AvgIpc) is 2.50. The fourth-order valence-corrected chi connectivity index (χ4v) is 2.58. The molecule has 4 nitrogen and oxygen atoms in total. The lowest BCUT2D eigenvalue weighted by atomic mass is 10.1. The van der Waals surface area contributed by atoms with Crippen LogP contribution in [0.4, 0.5) is 5.69 Å². The van der Waals surface area contributed by atoms with Gasteiger partial charge in [0.15, 0.2) is 0 Å². The van der Waals surface area contributed by atoms with Gasteiger partial charge in [0.05, 0.1) is 12.1 Å². The van der Waals surface area contributed by atoms with Crippen molar-refractivity contribution in [3.05, 3.63) is 34.4 Å². The van der Waals surface area contributed by atoms with Crippen molar-refractivity contribution in [3.63, 3.8) is 0 Å². The Morgan fingerprint density at radius 3 is 2.81 bits per heavy atom. The van der Waals surface area contributed by atoms with Crippen molar-refractivity contribution in [2.24, 2.45) is 0 Å². The van der Waals surface area contributed by atoms with Crippen molar-refractivity contribution >= 4 is 32.5 Å². The summed E-state index contributed by atoms with van der Waals surface area (Å²) in [5, 5.41) is 16.5. The minimum absolute atomic E-state index is 0.191. The van der Waals surface area contributed by atoms with E-state index in [0.29, 0.717) is 6.54 Å². The smallest absolute Gasteiger partial charge is 0.0726 e. The Bertz CT molecular complexity index is 589. The Morgan fingerprint density at radius 1 is 1.19 bits per heavy atom.